The average molecular weight is 389 g/mol. The van der Waals surface area contributed by atoms with Gasteiger partial charge in [0.15, 0.2) is 17.0 Å². The van der Waals surface area contributed by atoms with Crippen molar-refractivity contribution >= 4 is 17.0 Å². The Morgan fingerprint density at radius 2 is 2.00 bits per heavy atom. The van der Waals surface area contributed by atoms with Crippen LogP contribution < -0.4 is 4.90 Å². The molecule has 2 aliphatic heterocycles. The standard InChI is InChI=1S/C19H27N5O4/c25-9-18(10-26)6-14(7-18)24-13-22-15-16(20-12-21-17(15)24)23-3-5-28-19(8-23)2-1-4-27-11-19/h12-14,25-26H,1-11H2. The monoisotopic (exact) mass is 389 g/mol. The molecule has 2 aromatic rings. The van der Waals surface area contributed by atoms with Gasteiger partial charge in [-0.05, 0) is 25.7 Å². The first-order chi connectivity index (χ1) is 13.7. The third kappa shape index (κ3) is 2.88. The van der Waals surface area contributed by atoms with Gasteiger partial charge in [-0.25, -0.2) is 15.0 Å². The van der Waals surface area contributed by atoms with Gasteiger partial charge in [0.2, 0.25) is 0 Å². The maximum atomic E-state index is 9.56. The molecule has 1 saturated carbocycles. The maximum absolute atomic E-state index is 9.56. The molecule has 1 aliphatic carbocycles. The molecular weight excluding hydrogens is 362 g/mol. The molecule has 2 N–H and O–H groups in total. The number of fused-ring (bicyclic) bond motifs is 1. The Kier molecular flexibility index (Phi) is 4.50. The zero-order valence-electron chi connectivity index (χ0n) is 16.0. The molecule has 5 rings (SSSR count). The van der Waals surface area contributed by atoms with E-state index in [1.54, 1.807) is 6.33 Å². The fourth-order valence-electron chi connectivity index (χ4n) is 4.87. The van der Waals surface area contributed by atoms with Gasteiger partial charge in [-0.1, -0.05) is 0 Å². The van der Waals surface area contributed by atoms with Crippen LogP contribution in [0.15, 0.2) is 12.7 Å². The molecule has 0 aromatic carbocycles. The number of morpholine rings is 1. The second-order valence-corrected chi connectivity index (χ2v) is 8.51. The van der Waals surface area contributed by atoms with Gasteiger partial charge in [0.05, 0.1) is 39.3 Å². The van der Waals surface area contributed by atoms with Crippen molar-refractivity contribution in [2.75, 3.05) is 51.0 Å². The molecule has 2 saturated heterocycles. The van der Waals surface area contributed by atoms with Gasteiger partial charge in [-0.2, -0.15) is 0 Å². The van der Waals surface area contributed by atoms with Crippen LogP contribution in [0.4, 0.5) is 5.82 Å². The zero-order chi connectivity index (χ0) is 19.2. The number of anilines is 1. The number of aliphatic hydroxyl groups is 2. The van der Waals surface area contributed by atoms with E-state index in [4.69, 9.17) is 9.47 Å². The van der Waals surface area contributed by atoms with E-state index in [0.717, 1.165) is 62.4 Å². The number of aromatic nitrogens is 4. The van der Waals surface area contributed by atoms with Crippen LogP contribution >= 0.6 is 0 Å². The van der Waals surface area contributed by atoms with Crippen molar-refractivity contribution in [3.8, 4) is 0 Å². The normalized spacial score (nSPS) is 28.0. The van der Waals surface area contributed by atoms with Crippen molar-refractivity contribution in [2.45, 2.75) is 37.3 Å². The largest absolute Gasteiger partial charge is 0.396 e. The molecular formula is C19H27N5O4. The van der Waals surface area contributed by atoms with E-state index >= 15 is 0 Å². The number of imidazole rings is 1. The number of hydrogen-bond donors (Lipinski definition) is 2. The number of aliphatic hydroxyl groups excluding tert-OH is 2. The molecule has 1 atom stereocenters. The third-order valence-electron chi connectivity index (χ3n) is 6.58. The molecule has 28 heavy (non-hydrogen) atoms. The predicted octanol–water partition coefficient (Wildman–Crippen LogP) is 0.518. The van der Waals surface area contributed by atoms with E-state index in [-0.39, 0.29) is 30.3 Å². The smallest absolute Gasteiger partial charge is 0.165 e. The highest BCUT2D eigenvalue weighted by atomic mass is 16.5. The number of rotatable bonds is 4. The Hall–Kier alpha value is -1.81. The number of hydrogen-bond acceptors (Lipinski definition) is 8. The van der Waals surface area contributed by atoms with Crippen LogP contribution in [0.1, 0.15) is 31.7 Å². The predicted molar refractivity (Wildman–Crippen MR) is 101 cm³/mol. The quantitative estimate of drug-likeness (QED) is 0.780. The topological polar surface area (TPSA) is 106 Å². The van der Waals surface area contributed by atoms with Crippen molar-refractivity contribution in [2.24, 2.45) is 5.41 Å². The SMILES string of the molecule is OCC1(CO)CC(n2cnc3c(N4CCOC5(CCCOC5)C4)ncnc32)C1. The van der Waals surface area contributed by atoms with Gasteiger partial charge < -0.3 is 29.2 Å². The highest BCUT2D eigenvalue weighted by Crippen LogP contribution is 2.48. The summed E-state index contributed by atoms with van der Waals surface area (Å²) >= 11 is 0. The lowest BCUT2D eigenvalue weighted by atomic mass is 9.66. The second-order valence-electron chi connectivity index (χ2n) is 8.51. The average Bonchev–Trinajstić information content (AvgIpc) is 3.13. The highest BCUT2D eigenvalue weighted by molar-refractivity contribution is 5.83. The Labute approximate surface area is 163 Å². The minimum absolute atomic E-state index is 0.00476. The molecule has 3 aliphatic rings. The molecule has 1 spiro atoms. The van der Waals surface area contributed by atoms with Crippen LogP contribution in [-0.4, -0.2) is 81.5 Å². The molecule has 0 radical (unpaired) electrons. The van der Waals surface area contributed by atoms with Crippen LogP contribution in [-0.2, 0) is 9.47 Å². The van der Waals surface area contributed by atoms with Gasteiger partial charge in [-0.15, -0.1) is 0 Å². The fourth-order valence-corrected chi connectivity index (χ4v) is 4.87. The summed E-state index contributed by atoms with van der Waals surface area (Å²) in [5.74, 6) is 0.840. The summed E-state index contributed by atoms with van der Waals surface area (Å²) in [7, 11) is 0. The van der Waals surface area contributed by atoms with Crippen molar-refractivity contribution in [3.63, 3.8) is 0 Å². The second kappa shape index (κ2) is 6.91. The lowest BCUT2D eigenvalue weighted by molar-refractivity contribution is -0.133. The Balaban J connectivity index is 1.41. The van der Waals surface area contributed by atoms with E-state index in [1.165, 1.54) is 0 Å². The maximum Gasteiger partial charge on any atom is 0.165 e. The molecule has 0 amide bonds. The van der Waals surface area contributed by atoms with E-state index in [0.29, 0.717) is 13.2 Å². The van der Waals surface area contributed by atoms with Crippen LogP contribution in [0.5, 0.6) is 0 Å². The van der Waals surface area contributed by atoms with Crippen LogP contribution in [0.3, 0.4) is 0 Å². The van der Waals surface area contributed by atoms with Crippen molar-refractivity contribution in [1.82, 2.24) is 19.5 Å². The van der Waals surface area contributed by atoms with Gasteiger partial charge in [-0.3, -0.25) is 0 Å². The number of nitrogens with zero attached hydrogens (tertiary/aromatic N) is 5. The third-order valence-corrected chi connectivity index (χ3v) is 6.58. The summed E-state index contributed by atoms with van der Waals surface area (Å²) in [4.78, 5) is 15.9. The van der Waals surface area contributed by atoms with E-state index in [1.807, 2.05) is 6.33 Å². The molecule has 0 bridgehead atoms. The Bertz CT molecular complexity index is 832. The van der Waals surface area contributed by atoms with Gasteiger partial charge in [0.25, 0.3) is 0 Å². The molecule has 3 fully saturated rings. The Morgan fingerprint density at radius 3 is 2.75 bits per heavy atom. The molecule has 9 nitrogen and oxygen atoms in total. The summed E-state index contributed by atoms with van der Waals surface area (Å²) in [5, 5.41) is 19.1. The van der Waals surface area contributed by atoms with Crippen LogP contribution in [0.2, 0.25) is 0 Å². The first-order valence-corrected chi connectivity index (χ1v) is 10.0. The van der Waals surface area contributed by atoms with Gasteiger partial charge >= 0.3 is 0 Å². The lowest BCUT2D eigenvalue weighted by Crippen LogP contribution is -2.56. The number of ether oxygens (including phenoxy) is 2. The van der Waals surface area contributed by atoms with E-state index in [9.17, 15) is 10.2 Å². The van der Waals surface area contributed by atoms with E-state index < -0.39 is 0 Å². The molecule has 152 valence electrons. The highest BCUT2D eigenvalue weighted by Gasteiger charge is 2.45. The first-order valence-electron chi connectivity index (χ1n) is 10.0. The minimum Gasteiger partial charge on any atom is -0.396 e. The minimum atomic E-state index is -0.380. The first kappa shape index (κ1) is 18.2. The molecule has 4 heterocycles. The summed E-state index contributed by atoms with van der Waals surface area (Å²) in [6.45, 7) is 3.59. The van der Waals surface area contributed by atoms with Gasteiger partial charge in [0.1, 0.15) is 11.9 Å². The summed E-state index contributed by atoms with van der Waals surface area (Å²) in [6.07, 6.45) is 6.87. The van der Waals surface area contributed by atoms with Crippen molar-refractivity contribution in [1.29, 1.82) is 0 Å². The van der Waals surface area contributed by atoms with Crippen LogP contribution in [0, 0.1) is 5.41 Å². The van der Waals surface area contributed by atoms with Crippen molar-refractivity contribution < 1.29 is 19.7 Å². The van der Waals surface area contributed by atoms with E-state index in [2.05, 4.69) is 24.4 Å². The zero-order valence-corrected chi connectivity index (χ0v) is 16.0. The van der Waals surface area contributed by atoms with Crippen LogP contribution in [0.25, 0.3) is 11.2 Å². The summed E-state index contributed by atoms with van der Waals surface area (Å²) in [6, 6.07) is 0.190. The van der Waals surface area contributed by atoms with Crippen molar-refractivity contribution in [3.05, 3.63) is 12.7 Å². The Morgan fingerprint density at radius 1 is 1.14 bits per heavy atom. The summed E-state index contributed by atoms with van der Waals surface area (Å²) < 4.78 is 13.9. The van der Waals surface area contributed by atoms with Gasteiger partial charge in [0, 0.05) is 24.6 Å². The molecule has 9 heteroatoms. The fraction of sp³-hybridized carbons (Fsp3) is 0.737. The molecule has 1 unspecified atom stereocenters. The summed E-state index contributed by atoms with van der Waals surface area (Å²) in [5.41, 5.74) is 0.961. The lowest BCUT2D eigenvalue weighted by Gasteiger charge is -2.46. The molecule has 2 aromatic heterocycles.